The van der Waals surface area contributed by atoms with Crippen molar-refractivity contribution in [3.63, 3.8) is 0 Å². The minimum atomic E-state index is -0.511. The van der Waals surface area contributed by atoms with Crippen molar-refractivity contribution >= 4 is 29.0 Å². The Morgan fingerprint density at radius 2 is 1.97 bits per heavy atom. The first-order chi connectivity index (χ1) is 13.6. The van der Waals surface area contributed by atoms with E-state index in [4.69, 9.17) is 4.74 Å². The molecule has 8 heteroatoms. The third-order valence-corrected chi connectivity index (χ3v) is 5.63. The highest BCUT2D eigenvalue weighted by Gasteiger charge is 2.29. The topological polar surface area (TPSA) is 71.5 Å². The molecule has 6 nitrogen and oxygen atoms in total. The molecule has 1 aliphatic heterocycles. The molecular weight excluding hydrogens is 393 g/mol. The van der Waals surface area contributed by atoms with E-state index in [1.54, 1.807) is 29.3 Å². The Morgan fingerprint density at radius 3 is 2.59 bits per heavy atom. The van der Waals surface area contributed by atoms with E-state index >= 15 is 0 Å². The third-order valence-electron chi connectivity index (χ3n) is 4.62. The molecule has 0 aliphatic carbocycles. The molecule has 1 fully saturated rings. The van der Waals surface area contributed by atoms with Gasteiger partial charge in [-0.15, -0.1) is 11.3 Å². The van der Waals surface area contributed by atoms with Gasteiger partial charge in [-0.2, -0.15) is 0 Å². The van der Waals surface area contributed by atoms with Gasteiger partial charge in [0, 0.05) is 24.4 Å². The second-order valence-electron chi connectivity index (χ2n) is 8.25. The summed E-state index contributed by atoms with van der Waals surface area (Å²) in [7, 11) is 0. The zero-order valence-electron chi connectivity index (χ0n) is 17.1. The minimum Gasteiger partial charge on any atom is -0.444 e. The van der Waals surface area contributed by atoms with E-state index in [9.17, 15) is 14.0 Å². The van der Waals surface area contributed by atoms with Crippen molar-refractivity contribution in [1.29, 1.82) is 0 Å². The molecule has 1 N–H and O–H groups in total. The van der Waals surface area contributed by atoms with Crippen LogP contribution in [-0.4, -0.2) is 40.6 Å². The zero-order chi connectivity index (χ0) is 21.2. The van der Waals surface area contributed by atoms with Crippen molar-refractivity contribution < 1.29 is 18.7 Å². The van der Waals surface area contributed by atoms with Crippen molar-refractivity contribution in [2.24, 2.45) is 0 Å². The summed E-state index contributed by atoms with van der Waals surface area (Å²) in [4.78, 5) is 30.8. The number of likely N-dealkylation sites (tertiary alicyclic amines) is 1. The zero-order valence-corrected chi connectivity index (χ0v) is 17.9. The molecule has 1 aliphatic rings. The van der Waals surface area contributed by atoms with E-state index in [0.29, 0.717) is 13.1 Å². The lowest BCUT2D eigenvalue weighted by molar-refractivity contribution is 0.0204. The SMILES string of the molecule is Cc1ccc(NC(=O)c2csc(C3CCN(C(=O)OC(C)(C)C)CC3)n2)c(F)c1. The van der Waals surface area contributed by atoms with Crippen LogP contribution in [0.15, 0.2) is 23.6 Å². The highest BCUT2D eigenvalue weighted by molar-refractivity contribution is 7.10. The van der Waals surface area contributed by atoms with Crippen molar-refractivity contribution in [3.05, 3.63) is 45.7 Å². The Hall–Kier alpha value is -2.48. The Morgan fingerprint density at radius 1 is 1.28 bits per heavy atom. The van der Waals surface area contributed by atoms with Crippen LogP contribution in [-0.2, 0) is 4.74 Å². The number of aryl methyl sites for hydroxylation is 1. The number of benzene rings is 1. The average Bonchev–Trinajstić information content (AvgIpc) is 3.13. The smallest absolute Gasteiger partial charge is 0.410 e. The Labute approximate surface area is 174 Å². The fourth-order valence-corrected chi connectivity index (χ4v) is 4.09. The van der Waals surface area contributed by atoms with Gasteiger partial charge in [0.2, 0.25) is 0 Å². The number of halogens is 1. The van der Waals surface area contributed by atoms with Gasteiger partial charge >= 0.3 is 6.09 Å². The lowest BCUT2D eigenvalue weighted by Gasteiger charge is -2.32. The molecule has 0 saturated carbocycles. The number of hydrogen-bond donors (Lipinski definition) is 1. The van der Waals surface area contributed by atoms with Gasteiger partial charge in [0.1, 0.15) is 17.1 Å². The van der Waals surface area contributed by atoms with Crippen molar-refractivity contribution in [2.75, 3.05) is 18.4 Å². The van der Waals surface area contributed by atoms with Gasteiger partial charge in [-0.3, -0.25) is 4.79 Å². The summed E-state index contributed by atoms with van der Waals surface area (Å²) in [5.41, 5.74) is 0.692. The van der Waals surface area contributed by atoms with Crippen molar-refractivity contribution in [1.82, 2.24) is 9.88 Å². The molecule has 1 aromatic carbocycles. The van der Waals surface area contributed by atoms with Gasteiger partial charge in [0.15, 0.2) is 0 Å². The number of carbonyl (C=O) groups is 2. The van der Waals surface area contributed by atoms with Crippen LogP contribution in [0.2, 0.25) is 0 Å². The maximum absolute atomic E-state index is 14.0. The van der Waals surface area contributed by atoms with Gasteiger partial charge < -0.3 is 15.0 Å². The first kappa shape index (κ1) is 21.2. The molecule has 3 rings (SSSR count). The summed E-state index contributed by atoms with van der Waals surface area (Å²) in [5.74, 6) is -0.707. The lowest BCUT2D eigenvalue weighted by atomic mass is 9.98. The number of amides is 2. The molecule has 0 radical (unpaired) electrons. The number of thiazole rings is 1. The Bertz CT molecular complexity index is 899. The molecule has 2 amide bonds. The van der Waals surface area contributed by atoms with E-state index in [-0.39, 0.29) is 23.4 Å². The third kappa shape index (κ3) is 5.53. The standard InChI is InChI=1S/C21H26FN3O3S/c1-13-5-6-16(15(22)11-13)23-18(26)17-12-29-19(24-17)14-7-9-25(10-8-14)20(27)28-21(2,3)4/h5-6,11-12,14H,7-10H2,1-4H3,(H,23,26). The Balaban J connectivity index is 1.58. The summed E-state index contributed by atoms with van der Waals surface area (Å²) >= 11 is 1.42. The fourth-order valence-electron chi connectivity index (χ4n) is 3.12. The van der Waals surface area contributed by atoms with Crippen LogP contribution in [0.1, 0.15) is 60.6 Å². The van der Waals surface area contributed by atoms with E-state index in [2.05, 4.69) is 10.3 Å². The van der Waals surface area contributed by atoms with Crippen LogP contribution in [0.4, 0.5) is 14.9 Å². The fraction of sp³-hybridized carbons (Fsp3) is 0.476. The molecule has 2 aromatic rings. The molecule has 156 valence electrons. The normalized spacial score (nSPS) is 15.3. The summed E-state index contributed by atoms with van der Waals surface area (Å²) in [6.45, 7) is 8.52. The molecule has 1 saturated heterocycles. The van der Waals surface area contributed by atoms with Crippen molar-refractivity contribution in [3.8, 4) is 0 Å². The molecular formula is C21H26FN3O3S. The maximum Gasteiger partial charge on any atom is 0.410 e. The second kappa shape index (κ2) is 8.49. The summed E-state index contributed by atoms with van der Waals surface area (Å²) in [6, 6.07) is 4.66. The number of aromatic nitrogens is 1. The molecule has 0 unspecified atom stereocenters. The average molecular weight is 420 g/mol. The van der Waals surface area contributed by atoms with Crippen LogP contribution >= 0.6 is 11.3 Å². The summed E-state index contributed by atoms with van der Waals surface area (Å²) in [6.07, 6.45) is 1.23. The van der Waals surface area contributed by atoms with E-state index in [0.717, 1.165) is 23.4 Å². The monoisotopic (exact) mass is 419 g/mol. The highest BCUT2D eigenvalue weighted by atomic mass is 32.1. The van der Waals surface area contributed by atoms with Crippen LogP contribution in [0.5, 0.6) is 0 Å². The minimum absolute atomic E-state index is 0.140. The maximum atomic E-state index is 14.0. The number of rotatable bonds is 3. The predicted molar refractivity (Wildman–Crippen MR) is 111 cm³/mol. The molecule has 0 bridgehead atoms. The molecule has 29 heavy (non-hydrogen) atoms. The molecule has 0 atom stereocenters. The van der Waals surface area contributed by atoms with E-state index in [1.807, 2.05) is 20.8 Å². The lowest BCUT2D eigenvalue weighted by Crippen LogP contribution is -2.41. The van der Waals surface area contributed by atoms with Crippen molar-refractivity contribution in [2.45, 2.75) is 52.1 Å². The van der Waals surface area contributed by atoms with Crippen LogP contribution in [0.25, 0.3) is 0 Å². The van der Waals surface area contributed by atoms with Gasteiger partial charge in [-0.25, -0.2) is 14.2 Å². The molecule has 2 heterocycles. The summed E-state index contributed by atoms with van der Waals surface area (Å²) in [5, 5.41) is 5.13. The number of nitrogens with one attached hydrogen (secondary N) is 1. The van der Waals surface area contributed by atoms with E-state index in [1.165, 1.54) is 17.4 Å². The predicted octanol–water partition coefficient (Wildman–Crippen LogP) is 4.96. The van der Waals surface area contributed by atoms with Crippen LogP contribution in [0, 0.1) is 12.7 Å². The number of carbonyl (C=O) groups excluding carboxylic acids is 2. The number of anilines is 1. The Kier molecular flexibility index (Phi) is 6.21. The number of nitrogens with zero attached hydrogens (tertiary/aromatic N) is 2. The van der Waals surface area contributed by atoms with Crippen LogP contribution < -0.4 is 5.32 Å². The van der Waals surface area contributed by atoms with Gasteiger partial charge in [-0.1, -0.05) is 6.07 Å². The van der Waals surface area contributed by atoms with Gasteiger partial charge in [0.25, 0.3) is 5.91 Å². The molecule has 1 aromatic heterocycles. The van der Waals surface area contributed by atoms with Gasteiger partial charge in [0.05, 0.1) is 10.7 Å². The first-order valence-corrected chi connectivity index (χ1v) is 10.5. The number of hydrogen-bond acceptors (Lipinski definition) is 5. The van der Waals surface area contributed by atoms with Gasteiger partial charge in [-0.05, 0) is 58.2 Å². The van der Waals surface area contributed by atoms with Crippen LogP contribution in [0.3, 0.4) is 0 Å². The molecule has 0 spiro atoms. The number of ether oxygens (including phenoxy) is 1. The largest absolute Gasteiger partial charge is 0.444 e. The summed E-state index contributed by atoms with van der Waals surface area (Å²) < 4.78 is 19.4. The van der Waals surface area contributed by atoms with E-state index < -0.39 is 17.3 Å². The number of piperidine rings is 1. The highest BCUT2D eigenvalue weighted by Crippen LogP contribution is 2.31. The second-order valence-corrected chi connectivity index (χ2v) is 9.14. The first-order valence-electron chi connectivity index (χ1n) is 9.63. The quantitative estimate of drug-likeness (QED) is 0.763.